The average molecular weight is 369 g/mol. The van der Waals surface area contributed by atoms with Crippen LogP contribution in [-0.2, 0) is 6.42 Å². The van der Waals surface area contributed by atoms with E-state index in [9.17, 15) is 0 Å². The molecule has 2 aromatic carbocycles. The second kappa shape index (κ2) is 10.6. The molecule has 5 heteroatoms. The van der Waals surface area contributed by atoms with Crippen molar-refractivity contribution in [1.82, 2.24) is 10.2 Å². The van der Waals surface area contributed by atoms with Crippen LogP contribution in [0.2, 0.25) is 0 Å². The van der Waals surface area contributed by atoms with E-state index in [1.807, 2.05) is 6.07 Å². The van der Waals surface area contributed by atoms with Gasteiger partial charge in [-0.25, -0.2) is 0 Å². The van der Waals surface area contributed by atoms with Crippen LogP contribution in [0, 0.1) is 0 Å². The minimum atomic E-state index is 0. The lowest BCUT2D eigenvalue weighted by molar-refractivity contribution is 0.171. The predicted molar refractivity (Wildman–Crippen MR) is 105 cm³/mol. The number of piperazine rings is 1. The van der Waals surface area contributed by atoms with Crippen LogP contribution >= 0.6 is 24.8 Å². The van der Waals surface area contributed by atoms with Crippen LogP contribution in [0.25, 0.3) is 0 Å². The van der Waals surface area contributed by atoms with Gasteiger partial charge in [-0.3, -0.25) is 4.90 Å². The number of hydrogen-bond donors (Lipinski definition) is 1. The zero-order valence-corrected chi connectivity index (χ0v) is 15.6. The first-order valence-electron chi connectivity index (χ1n) is 8.00. The van der Waals surface area contributed by atoms with E-state index in [0.717, 1.165) is 38.3 Å². The number of ether oxygens (including phenoxy) is 1. The molecule has 0 aliphatic carbocycles. The first kappa shape index (κ1) is 20.8. The molecule has 0 spiro atoms. The fourth-order valence-corrected chi connectivity index (χ4v) is 3.21. The highest BCUT2D eigenvalue weighted by Gasteiger charge is 2.23. The van der Waals surface area contributed by atoms with Crippen LogP contribution in [0.3, 0.4) is 0 Å². The number of benzene rings is 2. The molecule has 3 rings (SSSR count). The number of rotatable bonds is 5. The summed E-state index contributed by atoms with van der Waals surface area (Å²) in [5.74, 6) is 0.985. The van der Waals surface area contributed by atoms with Crippen molar-refractivity contribution < 1.29 is 4.74 Å². The highest BCUT2D eigenvalue weighted by Crippen LogP contribution is 2.29. The Morgan fingerprint density at radius 3 is 2.25 bits per heavy atom. The van der Waals surface area contributed by atoms with Gasteiger partial charge in [0.05, 0.1) is 7.11 Å². The Morgan fingerprint density at radius 1 is 0.958 bits per heavy atom. The number of nitrogens with one attached hydrogen (secondary N) is 1. The number of halogens is 2. The number of nitrogens with zero attached hydrogens (tertiary/aromatic N) is 1. The van der Waals surface area contributed by atoms with Crippen molar-refractivity contribution in [3.8, 4) is 5.75 Å². The van der Waals surface area contributed by atoms with E-state index in [4.69, 9.17) is 4.74 Å². The molecule has 0 saturated carbocycles. The molecule has 24 heavy (non-hydrogen) atoms. The van der Waals surface area contributed by atoms with Crippen molar-refractivity contribution in [1.29, 1.82) is 0 Å². The number of methoxy groups -OCH3 is 1. The van der Waals surface area contributed by atoms with Crippen molar-refractivity contribution >= 4 is 24.8 Å². The van der Waals surface area contributed by atoms with E-state index in [1.165, 1.54) is 11.1 Å². The van der Waals surface area contributed by atoms with Gasteiger partial charge in [0, 0.05) is 32.2 Å². The Hall–Kier alpha value is -1.26. The van der Waals surface area contributed by atoms with Crippen molar-refractivity contribution in [2.45, 2.75) is 12.5 Å². The van der Waals surface area contributed by atoms with Gasteiger partial charge in [0.15, 0.2) is 0 Å². The summed E-state index contributed by atoms with van der Waals surface area (Å²) in [6.07, 6.45) is 0.980. The molecule has 0 bridgehead atoms. The molecule has 132 valence electrons. The molecule has 1 aliphatic rings. The van der Waals surface area contributed by atoms with Gasteiger partial charge in [-0.2, -0.15) is 0 Å². The summed E-state index contributed by atoms with van der Waals surface area (Å²) in [5.41, 5.74) is 2.66. The van der Waals surface area contributed by atoms with Gasteiger partial charge in [0.2, 0.25) is 0 Å². The summed E-state index contributed by atoms with van der Waals surface area (Å²) in [4.78, 5) is 2.58. The second-order valence-electron chi connectivity index (χ2n) is 5.73. The smallest absolute Gasteiger partial charge is 0.122 e. The Labute approximate surface area is 157 Å². The highest BCUT2D eigenvalue weighted by atomic mass is 35.5. The molecule has 1 aliphatic heterocycles. The molecule has 0 aromatic heterocycles. The van der Waals surface area contributed by atoms with Crippen molar-refractivity contribution in [3.63, 3.8) is 0 Å². The SMILES string of the molecule is COc1ccccc1CC(c1ccccc1)N1CCNCC1.Cl.Cl. The van der Waals surface area contributed by atoms with Crippen LogP contribution < -0.4 is 10.1 Å². The molecular formula is C19H26Cl2N2O. The van der Waals surface area contributed by atoms with Gasteiger partial charge in [-0.15, -0.1) is 24.8 Å². The second-order valence-corrected chi connectivity index (χ2v) is 5.73. The Balaban J connectivity index is 0.00000144. The fraction of sp³-hybridized carbons (Fsp3) is 0.368. The van der Waals surface area contributed by atoms with Crippen molar-refractivity contribution in [2.75, 3.05) is 33.3 Å². The Kier molecular flexibility index (Phi) is 9.16. The van der Waals surface area contributed by atoms with Gasteiger partial charge >= 0.3 is 0 Å². The monoisotopic (exact) mass is 368 g/mol. The summed E-state index contributed by atoms with van der Waals surface area (Å²) < 4.78 is 5.54. The summed E-state index contributed by atoms with van der Waals surface area (Å²) in [5, 5.41) is 3.44. The van der Waals surface area contributed by atoms with Gasteiger partial charge in [-0.1, -0.05) is 48.5 Å². The Morgan fingerprint density at radius 2 is 1.58 bits per heavy atom. The minimum absolute atomic E-state index is 0. The van der Waals surface area contributed by atoms with Crippen LogP contribution in [0.5, 0.6) is 5.75 Å². The molecule has 1 N–H and O–H groups in total. The molecule has 1 heterocycles. The van der Waals surface area contributed by atoms with Crippen LogP contribution in [0.15, 0.2) is 54.6 Å². The predicted octanol–water partition coefficient (Wildman–Crippen LogP) is 3.73. The molecule has 0 radical (unpaired) electrons. The molecule has 3 nitrogen and oxygen atoms in total. The number of hydrogen-bond acceptors (Lipinski definition) is 3. The van der Waals surface area contributed by atoms with Crippen LogP contribution in [-0.4, -0.2) is 38.2 Å². The maximum absolute atomic E-state index is 5.54. The third kappa shape index (κ3) is 5.12. The zero-order valence-electron chi connectivity index (χ0n) is 14.0. The van der Waals surface area contributed by atoms with Gasteiger partial charge < -0.3 is 10.1 Å². The van der Waals surface area contributed by atoms with E-state index < -0.39 is 0 Å². The van der Waals surface area contributed by atoms with E-state index in [0.29, 0.717) is 6.04 Å². The maximum atomic E-state index is 5.54. The average Bonchev–Trinajstić information content (AvgIpc) is 2.61. The number of para-hydroxylation sites is 1. The summed E-state index contributed by atoms with van der Waals surface area (Å²) in [6.45, 7) is 4.31. The van der Waals surface area contributed by atoms with Gasteiger partial charge in [0.25, 0.3) is 0 Å². The molecule has 1 atom stereocenters. The minimum Gasteiger partial charge on any atom is -0.496 e. The molecular weight excluding hydrogens is 343 g/mol. The van der Waals surface area contributed by atoms with Gasteiger partial charge in [0.1, 0.15) is 5.75 Å². The normalized spacial score (nSPS) is 15.7. The third-order valence-electron chi connectivity index (χ3n) is 4.38. The highest BCUT2D eigenvalue weighted by molar-refractivity contribution is 5.85. The first-order valence-corrected chi connectivity index (χ1v) is 8.00. The first-order chi connectivity index (χ1) is 10.9. The van der Waals surface area contributed by atoms with E-state index in [-0.39, 0.29) is 24.8 Å². The largest absolute Gasteiger partial charge is 0.496 e. The Bertz CT molecular complexity index is 589. The van der Waals surface area contributed by atoms with Crippen molar-refractivity contribution in [3.05, 3.63) is 65.7 Å². The third-order valence-corrected chi connectivity index (χ3v) is 4.38. The molecule has 0 amide bonds. The molecule has 1 fully saturated rings. The zero-order chi connectivity index (χ0) is 15.2. The lowest BCUT2D eigenvalue weighted by Crippen LogP contribution is -2.45. The molecule has 1 unspecified atom stereocenters. The summed E-state index contributed by atoms with van der Waals surface area (Å²) >= 11 is 0. The summed E-state index contributed by atoms with van der Waals surface area (Å²) in [7, 11) is 1.75. The molecule has 1 saturated heterocycles. The maximum Gasteiger partial charge on any atom is 0.122 e. The van der Waals surface area contributed by atoms with Crippen LogP contribution in [0.4, 0.5) is 0 Å². The van der Waals surface area contributed by atoms with Crippen LogP contribution in [0.1, 0.15) is 17.2 Å². The van der Waals surface area contributed by atoms with E-state index in [2.05, 4.69) is 58.7 Å². The van der Waals surface area contributed by atoms with Crippen molar-refractivity contribution in [2.24, 2.45) is 0 Å². The summed E-state index contributed by atoms with van der Waals surface area (Å²) in [6, 6.07) is 19.6. The lowest BCUT2D eigenvalue weighted by atomic mass is 9.96. The topological polar surface area (TPSA) is 24.5 Å². The van der Waals surface area contributed by atoms with E-state index >= 15 is 0 Å². The fourth-order valence-electron chi connectivity index (χ4n) is 3.21. The van der Waals surface area contributed by atoms with E-state index in [1.54, 1.807) is 7.11 Å². The quantitative estimate of drug-likeness (QED) is 0.869. The standard InChI is InChI=1S/C19H24N2O.2ClH/c1-22-19-10-6-5-9-17(19)15-18(16-7-3-2-4-8-16)21-13-11-20-12-14-21;;/h2-10,18,20H,11-15H2,1H3;2*1H. The van der Waals surface area contributed by atoms with Gasteiger partial charge in [-0.05, 0) is 23.6 Å². The molecule has 2 aromatic rings. The lowest BCUT2D eigenvalue weighted by Gasteiger charge is -2.35.